The zero-order valence-electron chi connectivity index (χ0n) is 19.5. The molecular formula is C30H17Cl4O3P. The fourth-order valence-corrected chi connectivity index (χ4v) is 7.29. The molecule has 0 spiro atoms. The van der Waals surface area contributed by atoms with E-state index in [2.05, 4.69) is 0 Å². The average molecular weight is 598 g/mol. The van der Waals surface area contributed by atoms with E-state index in [0.29, 0.717) is 16.1 Å². The molecule has 0 aromatic heterocycles. The van der Waals surface area contributed by atoms with E-state index in [9.17, 15) is 14.2 Å². The Morgan fingerprint density at radius 2 is 1.05 bits per heavy atom. The van der Waals surface area contributed by atoms with Crippen LogP contribution in [0.5, 0.6) is 0 Å². The third-order valence-corrected chi connectivity index (χ3v) is 9.25. The maximum atomic E-state index is 14.3. The summed E-state index contributed by atoms with van der Waals surface area (Å²) in [6, 6.07) is 27.0. The minimum atomic E-state index is -2.81. The molecule has 0 aliphatic heterocycles. The van der Waals surface area contributed by atoms with Crippen LogP contribution in [0.3, 0.4) is 0 Å². The predicted molar refractivity (Wildman–Crippen MR) is 158 cm³/mol. The summed E-state index contributed by atoms with van der Waals surface area (Å²) in [5.74, 6) is -1.20. The van der Waals surface area contributed by atoms with Gasteiger partial charge in [-0.05, 0) is 41.1 Å². The number of ketones is 2. The first-order valence-corrected chi connectivity index (χ1v) is 14.3. The lowest BCUT2D eigenvalue weighted by molar-refractivity contribution is 0.100. The third kappa shape index (κ3) is 4.82. The minimum absolute atomic E-state index is 0.00367. The summed E-state index contributed by atoms with van der Waals surface area (Å²) < 4.78 is 14.2. The highest BCUT2D eigenvalue weighted by atomic mass is 35.5. The number of hydrogen-bond acceptors (Lipinski definition) is 3. The van der Waals surface area contributed by atoms with Gasteiger partial charge < -0.3 is 4.57 Å². The molecule has 38 heavy (non-hydrogen) atoms. The van der Waals surface area contributed by atoms with Crippen LogP contribution < -0.4 is 10.6 Å². The van der Waals surface area contributed by atoms with Crippen molar-refractivity contribution in [3.63, 3.8) is 0 Å². The fraction of sp³-hybridized carbons (Fsp3) is 0. The molecule has 1 atom stereocenters. The van der Waals surface area contributed by atoms with Gasteiger partial charge >= 0.3 is 0 Å². The lowest BCUT2D eigenvalue weighted by atomic mass is 9.90. The number of hydrogen-bond donors (Lipinski definition) is 0. The molecular weight excluding hydrogens is 581 g/mol. The van der Waals surface area contributed by atoms with Crippen molar-refractivity contribution in [3.05, 3.63) is 139 Å². The Labute approximate surface area is 239 Å². The van der Waals surface area contributed by atoms with Gasteiger partial charge in [0.2, 0.25) is 0 Å². The van der Waals surface area contributed by atoms with Crippen molar-refractivity contribution in [2.24, 2.45) is 0 Å². The summed E-state index contributed by atoms with van der Waals surface area (Å²) in [6.45, 7) is 0. The molecule has 5 aromatic rings. The summed E-state index contributed by atoms with van der Waals surface area (Å²) in [6.07, 6.45) is 0. The van der Waals surface area contributed by atoms with Crippen LogP contribution in [0.15, 0.2) is 97.1 Å². The van der Waals surface area contributed by atoms with Gasteiger partial charge in [-0.3, -0.25) is 9.59 Å². The van der Waals surface area contributed by atoms with Crippen molar-refractivity contribution in [1.82, 2.24) is 0 Å². The Morgan fingerprint density at radius 3 is 1.63 bits per heavy atom. The summed E-state index contributed by atoms with van der Waals surface area (Å²) >= 11 is 25.7. The average Bonchev–Trinajstić information content (AvgIpc) is 2.91. The molecule has 0 bridgehead atoms. The summed E-state index contributed by atoms with van der Waals surface area (Å²) in [5, 5.41) is 2.45. The van der Waals surface area contributed by atoms with Crippen LogP contribution in [0.4, 0.5) is 0 Å². The van der Waals surface area contributed by atoms with Gasteiger partial charge in [0.1, 0.15) is 7.80 Å². The first-order chi connectivity index (χ1) is 18.3. The maximum absolute atomic E-state index is 14.3. The second kappa shape index (κ2) is 11.1. The number of fused-ring (bicyclic) bond motifs is 1. The molecule has 0 radical (unpaired) electrons. The molecule has 5 aromatic carbocycles. The standard InChI is InChI=1S/C30H17Cl4O3P/c31-21-12-6-13-22(32)26(21)28(35)20-16-17-8-4-5-11-19(17)30(38(37)18-9-2-1-3-10-18)25(20)29(36)27-23(33)14-7-15-24(27)34/h1-16,38H. The predicted octanol–water partition coefficient (Wildman–Crippen LogP) is 8.43. The highest BCUT2D eigenvalue weighted by molar-refractivity contribution is 7.62. The molecule has 5 rings (SSSR count). The first kappa shape index (κ1) is 26.7. The van der Waals surface area contributed by atoms with E-state index in [1.807, 2.05) is 6.07 Å². The van der Waals surface area contributed by atoms with Crippen LogP contribution in [-0.4, -0.2) is 11.6 Å². The number of rotatable bonds is 6. The lowest BCUT2D eigenvalue weighted by Gasteiger charge is -2.19. The minimum Gasteiger partial charge on any atom is -0.317 e. The summed E-state index contributed by atoms with van der Waals surface area (Å²) in [5.41, 5.74) is 0.00156. The number of benzene rings is 5. The summed E-state index contributed by atoms with van der Waals surface area (Å²) in [7, 11) is -2.81. The van der Waals surface area contributed by atoms with Crippen molar-refractivity contribution in [2.45, 2.75) is 0 Å². The second-order valence-electron chi connectivity index (χ2n) is 8.44. The van der Waals surface area contributed by atoms with Crippen LogP contribution in [0, 0.1) is 0 Å². The van der Waals surface area contributed by atoms with Crippen LogP contribution in [0.2, 0.25) is 20.1 Å². The Hall–Kier alpha value is -2.91. The maximum Gasteiger partial charge on any atom is 0.197 e. The molecule has 0 amide bonds. The number of carbonyl (C=O) groups is 2. The van der Waals surface area contributed by atoms with Crippen molar-refractivity contribution < 1.29 is 14.2 Å². The number of carbonyl (C=O) groups excluding carboxylic acids is 2. The van der Waals surface area contributed by atoms with Crippen molar-refractivity contribution in [1.29, 1.82) is 0 Å². The Morgan fingerprint density at radius 1 is 0.553 bits per heavy atom. The molecule has 188 valence electrons. The molecule has 0 N–H and O–H groups in total. The van der Waals surface area contributed by atoms with Crippen molar-refractivity contribution in [2.75, 3.05) is 0 Å². The van der Waals surface area contributed by atoms with Gasteiger partial charge in [-0.25, -0.2) is 0 Å². The van der Waals surface area contributed by atoms with E-state index >= 15 is 0 Å². The van der Waals surface area contributed by atoms with E-state index < -0.39 is 19.4 Å². The van der Waals surface area contributed by atoms with E-state index in [1.54, 1.807) is 78.9 Å². The highest BCUT2D eigenvalue weighted by Gasteiger charge is 2.31. The quantitative estimate of drug-likeness (QED) is 0.146. The van der Waals surface area contributed by atoms with Gasteiger partial charge in [0.15, 0.2) is 11.6 Å². The van der Waals surface area contributed by atoms with Gasteiger partial charge in [-0.15, -0.1) is 0 Å². The monoisotopic (exact) mass is 596 g/mol. The smallest absolute Gasteiger partial charge is 0.197 e. The van der Waals surface area contributed by atoms with E-state index in [1.165, 1.54) is 12.1 Å². The normalized spacial score (nSPS) is 11.9. The molecule has 1 unspecified atom stereocenters. The molecule has 0 saturated carbocycles. The third-order valence-electron chi connectivity index (χ3n) is 6.16. The summed E-state index contributed by atoms with van der Waals surface area (Å²) in [4.78, 5) is 28.4. The molecule has 0 heterocycles. The first-order valence-electron chi connectivity index (χ1n) is 11.4. The molecule has 0 fully saturated rings. The molecule has 0 aliphatic carbocycles. The van der Waals surface area contributed by atoms with Crippen LogP contribution in [0.25, 0.3) is 10.8 Å². The topological polar surface area (TPSA) is 51.2 Å². The van der Waals surface area contributed by atoms with Gasteiger partial charge in [0.05, 0.1) is 31.2 Å². The Kier molecular flexibility index (Phi) is 7.77. The Balaban J connectivity index is 1.92. The molecule has 0 aliphatic rings. The van der Waals surface area contributed by atoms with Crippen molar-refractivity contribution >= 4 is 87.2 Å². The van der Waals surface area contributed by atoms with Crippen molar-refractivity contribution in [3.8, 4) is 0 Å². The zero-order valence-corrected chi connectivity index (χ0v) is 23.5. The van der Waals surface area contributed by atoms with Gasteiger partial charge in [0, 0.05) is 21.7 Å². The highest BCUT2D eigenvalue weighted by Crippen LogP contribution is 2.36. The fourth-order valence-electron chi connectivity index (χ4n) is 4.42. The Bertz CT molecular complexity index is 1730. The van der Waals surface area contributed by atoms with Gasteiger partial charge in [0.25, 0.3) is 0 Å². The van der Waals surface area contributed by atoms with Crippen LogP contribution in [-0.2, 0) is 4.57 Å². The van der Waals surface area contributed by atoms with E-state index in [0.717, 1.165) is 0 Å². The van der Waals surface area contributed by atoms with Gasteiger partial charge in [-0.1, -0.05) is 113 Å². The SMILES string of the molecule is O=C(c1cc2ccccc2c([PH](=O)c2ccccc2)c1C(=O)c1c(Cl)cccc1Cl)c1c(Cl)cccc1Cl. The second-order valence-corrected chi connectivity index (χ2v) is 11.8. The lowest BCUT2D eigenvalue weighted by Crippen LogP contribution is -2.23. The van der Waals surface area contributed by atoms with Gasteiger partial charge in [-0.2, -0.15) is 0 Å². The largest absolute Gasteiger partial charge is 0.317 e. The number of halogens is 4. The van der Waals surface area contributed by atoms with Crippen LogP contribution in [0.1, 0.15) is 31.8 Å². The molecule has 8 heteroatoms. The van der Waals surface area contributed by atoms with Crippen LogP contribution >= 0.6 is 54.2 Å². The van der Waals surface area contributed by atoms with E-state index in [-0.39, 0.29) is 47.6 Å². The van der Waals surface area contributed by atoms with E-state index in [4.69, 9.17) is 46.4 Å². The zero-order chi connectivity index (χ0) is 27.0. The molecule has 0 saturated heterocycles. The molecule has 3 nitrogen and oxygen atoms in total.